The minimum Gasteiger partial charge on any atom is -0.463 e. The molecule has 0 saturated carbocycles. The molecule has 0 spiro atoms. The Kier molecular flexibility index (Phi) is 5.07. The Morgan fingerprint density at radius 1 is 1.03 bits per heavy atom. The second kappa shape index (κ2) is 8.05. The van der Waals surface area contributed by atoms with Gasteiger partial charge in [0.1, 0.15) is 17.4 Å². The number of carbonyl (C=O) groups excluding carboxylic acids is 1. The van der Waals surface area contributed by atoms with Crippen molar-refractivity contribution in [2.45, 2.75) is 20.4 Å². The molecule has 158 valence electrons. The Bertz CT molecular complexity index is 1520. The van der Waals surface area contributed by atoms with Gasteiger partial charge in [0.15, 0.2) is 5.13 Å². The first-order chi connectivity index (χ1) is 15.5. The summed E-state index contributed by atoms with van der Waals surface area (Å²) in [6.45, 7) is 4.36. The van der Waals surface area contributed by atoms with Gasteiger partial charge in [-0.1, -0.05) is 59.9 Å². The van der Waals surface area contributed by atoms with Crippen LogP contribution in [0.15, 0.2) is 82.2 Å². The third kappa shape index (κ3) is 3.59. The molecule has 0 aliphatic rings. The number of hydrogen-bond acceptors (Lipinski definition) is 5. The standard InChI is InChI=1S/C26H20N2O3S/c1-16-12-17(2)24-21(13-16)27-26(32-24)28(14-18-8-4-3-5-9-18)25(30)20-15-31-22-11-7-6-10-19(22)23(20)29/h3-13,15H,14H2,1-2H3. The fourth-order valence-corrected chi connectivity index (χ4v) is 4.86. The number of rotatable bonds is 4. The van der Waals surface area contributed by atoms with E-state index < -0.39 is 5.91 Å². The van der Waals surface area contributed by atoms with Crippen molar-refractivity contribution in [1.82, 2.24) is 4.98 Å². The summed E-state index contributed by atoms with van der Waals surface area (Å²) < 4.78 is 6.64. The average Bonchev–Trinajstić information content (AvgIpc) is 3.22. The largest absolute Gasteiger partial charge is 0.463 e. The highest BCUT2D eigenvalue weighted by Gasteiger charge is 2.25. The Morgan fingerprint density at radius 2 is 1.78 bits per heavy atom. The van der Waals surface area contributed by atoms with Crippen LogP contribution in [0.5, 0.6) is 0 Å². The molecule has 3 aromatic carbocycles. The molecule has 0 atom stereocenters. The zero-order chi connectivity index (χ0) is 22.2. The number of nitrogens with zero attached hydrogens (tertiary/aromatic N) is 2. The summed E-state index contributed by atoms with van der Waals surface area (Å²) in [5, 5.41) is 0.934. The van der Waals surface area contributed by atoms with Crippen LogP contribution < -0.4 is 10.3 Å². The van der Waals surface area contributed by atoms with Crippen molar-refractivity contribution in [3.8, 4) is 0 Å². The van der Waals surface area contributed by atoms with E-state index in [2.05, 4.69) is 6.07 Å². The third-order valence-electron chi connectivity index (χ3n) is 5.38. The Hall–Kier alpha value is -3.77. The van der Waals surface area contributed by atoms with Crippen molar-refractivity contribution in [1.29, 1.82) is 0 Å². The fraction of sp³-hybridized carbons (Fsp3) is 0.115. The van der Waals surface area contributed by atoms with Gasteiger partial charge in [0, 0.05) is 0 Å². The molecule has 0 N–H and O–H groups in total. The maximum atomic E-state index is 13.7. The van der Waals surface area contributed by atoms with Crippen LogP contribution in [0.3, 0.4) is 0 Å². The smallest absolute Gasteiger partial charge is 0.267 e. The van der Waals surface area contributed by atoms with Gasteiger partial charge in [0.2, 0.25) is 5.43 Å². The van der Waals surface area contributed by atoms with Gasteiger partial charge in [-0.05, 0) is 48.7 Å². The molecule has 0 bridgehead atoms. The second-order valence-electron chi connectivity index (χ2n) is 7.78. The van der Waals surface area contributed by atoms with Crippen LogP contribution in [-0.2, 0) is 6.54 Å². The number of fused-ring (bicyclic) bond motifs is 2. The van der Waals surface area contributed by atoms with E-state index in [9.17, 15) is 9.59 Å². The van der Waals surface area contributed by atoms with E-state index in [0.29, 0.717) is 22.6 Å². The number of anilines is 1. The minimum absolute atomic E-state index is 0.00760. The topological polar surface area (TPSA) is 63.4 Å². The molecule has 32 heavy (non-hydrogen) atoms. The van der Waals surface area contributed by atoms with Gasteiger partial charge in [-0.3, -0.25) is 14.5 Å². The number of aryl methyl sites for hydroxylation is 2. The average molecular weight is 441 g/mol. The van der Waals surface area contributed by atoms with Crippen molar-refractivity contribution in [2.75, 3.05) is 4.90 Å². The lowest BCUT2D eigenvalue weighted by Crippen LogP contribution is -2.33. The normalized spacial score (nSPS) is 11.2. The molecule has 2 aromatic heterocycles. The summed E-state index contributed by atoms with van der Waals surface area (Å²) in [4.78, 5) is 33.1. The first-order valence-corrected chi connectivity index (χ1v) is 11.1. The second-order valence-corrected chi connectivity index (χ2v) is 8.76. The van der Waals surface area contributed by atoms with E-state index in [1.54, 1.807) is 29.2 Å². The van der Waals surface area contributed by atoms with Crippen LogP contribution in [0.25, 0.3) is 21.2 Å². The molecular weight excluding hydrogens is 420 g/mol. The van der Waals surface area contributed by atoms with Crippen LogP contribution in [0.4, 0.5) is 5.13 Å². The Morgan fingerprint density at radius 3 is 2.59 bits per heavy atom. The van der Waals surface area contributed by atoms with Gasteiger partial charge < -0.3 is 4.42 Å². The van der Waals surface area contributed by atoms with Crippen LogP contribution in [-0.4, -0.2) is 10.9 Å². The molecule has 0 radical (unpaired) electrons. The van der Waals surface area contributed by atoms with E-state index in [1.807, 2.05) is 50.2 Å². The predicted octanol–water partition coefficient (Wildman–Crippen LogP) is 5.87. The van der Waals surface area contributed by atoms with E-state index in [4.69, 9.17) is 9.40 Å². The van der Waals surface area contributed by atoms with E-state index in [1.165, 1.54) is 17.6 Å². The molecule has 0 aliphatic carbocycles. The maximum absolute atomic E-state index is 13.7. The highest BCUT2D eigenvalue weighted by atomic mass is 32.1. The molecule has 5 rings (SSSR count). The van der Waals surface area contributed by atoms with Gasteiger partial charge in [0.25, 0.3) is 5.91 Å². The van der Waals surface area contributed by atoms with Gasteiger partial charge in [-0.15, -0.1) is 0 Å². The number of thiazole rings is 1. The Balaban J connectivity index is 1.65. The molecule has 0 unspecified atom stereocenters. The lowest BCUT2D eigenvalue weighted by Gasteiger charge is -2.19. The molecule has 2 heterocycles. The molecule has 5 nitrogen and oxygen atoms in total. The number of amides is 1. The molecular formula is C26H20N2O3S. The van der Waals surface area contributed by atoms with Crippen LogP contribution in [0.1, 0.15) is 27.0 Å². The highest BCUT2D eigenvalue weighted by molar-refractivity contribution is 7.22. The summed E-state index contributed by atoms with van der Waals surface area (Å²) >= 11 is 1.45. The van der Waals surface area contributed by atoms with E-state index in [-0.39, 0.29) is 11.0 Å². The lowest BCUT2D eigenvalue weighted by atomic mass is 10.1. The number of benzene rings is 3. The predicted molar refractivity (Wildman–Crippen MR) is 129 cm³/mol. The molecule has 1 amide bonds. The summed E-state index contributed by atoms with van der Waals surface area (Å²) in [5.41, 5.74) is 4.12. The highest BCUT2D eigenvalue weighted by Crippen LogP contribution is 2.33. The fourth-order valence-electron chi connectivity index (χ4n) is 3.84. The van der Waals surface area contributed by atoms with Gasteiger partial charge in [-0.25, -0.2) is 4.98 Å². The quantitative estimate of drug-likeness (QED) is 0.351. The summed E-state index contributed by atoms with van der Waals surface area (Å²) in [5.74, 6) is -0.429. The third-order valence-corrected chi connectivity index (χ3v) is 6.61. The lowest BCUT2D eigenvalue weighted by molar-refractivity contribution is 0.0982. The van der Waals surface area contributed by atoms with Crippen LogP contribution in [0.2, 0.25) is 0 Å². The SMILES string of the molecule is Cc1cc(C)c2sc(N(Cc3ccccc3)C(=O)c3coc4ccccc4c3=O)nc2c1. The number of para-hydroxylation sites is 1. The molecule has 5 aromatic rings. The van der Waals surface area contributed by atoms with Crippen molar-refractivity contribution < 1.29 is 9.21 Å². The summed E-state index contributed by atoms with van der Waals surface area (Å²) in [7, 11) is 0. The number of hydrogen-bond donors (Lipinski definition) is 0. The van der Waals surface area contributed by atoms with Gasteiger partial charge >= 0.3 is 0 Å². The van der Waals surface area contributed by atoms with Crippen LogP contribution in [0, 0.1) is 13.8 Å². The zero-order valence-corrected chi connectivity index (χ0v) is 18.5. The number of aromatic nitrogens is 1. The molecule has 6 heteroatoms. The maximum Gasteiger partial charge on any atom is 0.267 e. The number of carbonyl (C=O) groups is 1. The van der Waals surface area contributed by atoms with Crippen LogP contribution >= 0.6 is 11.3 Å². The van der Waals surface area contributed by atoms with E-state index in [0.717, 1.165) is 26.9 Å². The van der Waals surface area contributed by atoms with Gasteiger partial charge in [-0.2, -0.15) is 0 Å². The van der Waals surface area contributed by atoms with Crippen molar-refractivity contribution in [3.63, 3.8) is 0 Å². The molecule has 0 aliphatic heterocycles. The summed E-state index contributed by atoms with van der Waals surface area (Å²) in [6.07, 6.45) is 1.26. The van der Waals surface area contributed by atoms with Crippen molar-refractivity contribution in [3.05, 3.63) is 105 Å². The first kappa shape index (κ1) is 20.2. The first-order valence-electron chi connectivity index (χ1n) is 10.3. The Labute approximate surface area is 188 Å². The monoisotopic (exact) mass is 440 g/mol. The zero-order valence-electron chi connectivity index (χ0n) is 17.7. The summed E-state index contributed by atoms with van der Waals surface area (Å²) in [6, 6.07) is 20.7. The van der Waals surface area contributed by atoms with E-state index >= 15 is 0 Å². The minimum atomic E-state index is -0.429. The van der Waals surface area contributed by atoms with Gasteiger partial charge in [0.05, 0.1) is 22.1 Å². The van der Waals surface area contributed by atoms with Crippen molar-refractivity contribution in [2.24, 2.45) is 0 Å². The molecule has 0 fully saturated rings. The molecule has 0 saturated heterocycles. The van der Waals surface area contributed by atoms with Crippen molar-refractivity contribution >= 4 is 43.6 Å².